The van der Waals surface area contributed by atoms with Crippen molar-refractivity contribution in [1.82, 2.24) is 10.2 Å². The number of urea groups is 1. The maximum atomic E-state index is 13.9. The second kappa shape index (κ2) is 9.70. The molecule has 29 heavy (non-hydrogen) atoms. The fourth-order valence-electron chi connectivity index (χ4n) is 3.87. The zero-order valence-corrected chi connectivity index (χ0v) is 17.5. The van der Waals surface area contributed by atoms with Crippen molar-refractivity contribution < 1.29 is 9.18 Å². The molecule has 0 bridgehead atoms. The van der Waals surface area contributed by atoms with E-state index in [-0.39, 0.29) is 11.8 Å². The van der Waals surface area contributed by atoms with Crippen LogP contribution in [0.25, 0.3) is 5.57 Å². The summed E-state index contributed by atoms with van der Waals surface area (Å²) in [5.41, 5.74) is 5.26. The molecule has 1 aliphatic rings. The number of hydrogen-bond donors (Lipinski definition) is 1. The fraction of sp³-hybridized carbons (Fsp3) is 0.375. The average Bonchev–Trinajstić information content (AvgIpc) is 2.75. The smallest absolute Gasteiger partial charge is 0.324 e. The van der Waals surface area contributed by atoms with Crippen LogP contribution in [0.5, 0.6) is 0 Å². The van der Waals surface area contributed by atoms with Crippen molar-refractivity contribution in [3.63, 3.8) is 0 Å². The lowest BCUT2D eigenvalue weighted by Crippen LogP contribution is -2.41. The van der Waals surface area contributed by atoms with Gasteiger partial charge in [-0.15, -0.1) is 0 Å². The Morgan fingerprint density at radius 2 is 1.66 bits per heavy atom. The normalized spacial score (nSPS) is 13.9. The number of amides is 2. The number of anilines is 1. The van der Waals surface area contributed by atoms with E-state index in [2.05, 4.69) is 5.32 Å². The summed E-state index contributed by atoms with van der Waals surface area (Å²) in [6, 6.07) is 14.8. The van der Waals surface area contributed by atoms with Crippen LogP contribution in [0.1, 0.15) is 37.8 Å². The van der Waals surface area contributed by atoms with Crippen LogP contribution in [0.2, 0.25) is 0 Å². The number of hydrogen-bond acceptors (Lipinski definition) is 2. The summed E-state index contributed by atoms with van der Waals surface area (Å²) >= 11 is 0. The standard InChI is InChI=1S/C24H30FN3O/c1-4-28(5-2)24(29)27(3)22-11-9-18(10-12-22)23(19-13-15-26-16-14-19)20-7-6-8-21(25)17-20/h6-12,17,26H,4-5,13-16H2,1-3H3. The molecule has 2 aromatic carbocycles. The topological polar surface area (TPSA) is 35.6 Å². The van der Waals surface area contributed by atoms with Gasteiger partial charge in [0.05, 0.1) is 0 Å². The molecule has 5 heteroatoms. The third-order valence-corrected chi connectivity index (χ3v) is 5.54. The van der Waals surface area contributed by atoms with Crippen LogP contribution >= 0.6 is 0 Å². The van der Waals surface area contributed by atoms with Gasteiger partial charge in [0.25, 0.3) is 0 Å². The summed E-state index contributed by atoms with van der Waals surface area (Å²) in [5, 5.41) is 3.38. The zero-order valence-electron chi connectivity index (χ0n) is 17.5. The minimum Gasteiger partial charge on any atom is -0.325 e. The summed E-state index contributed by atoms with van der Waals surface area (Å²) < 4.78 is 13.9. The van der Waals surface area contributed by atoms with Crippen molar-refractivity contribution >= 4 is 17.3 Å². The van der Waals surface area contributed by atoms with Gasteiger partial charge in [-0.25, -0.2) is 9.18 Å². The van der Waals surface area contributed by atoms with Gasteiger partial charge in [0.2, 0.25) is 0 Å². The third kappa shape index (κ3) is 4.85. The minimum absolute atomic E-state index is 0.00943. The van der Waals surface area contributed by atoms with Crippen molar-refractivity contribution in [2.24, 2.45) is 0 Å². The number of halogens is 1. The second-order valence-corrected chi connectivity index (χ2v) is 7.30. The minimum atomic E-state index is -0.226. The highest BCUT2D eigenvalue weighted by Crippen LogP contribution is 2.32. The molecule has 154 valence electrons. The van der Waals surface area contributed by atoms with Crippen molar-refractivity contribution in [2.75, 3.05) is 38.1 Å². The molecule has 4 nitrogen and oxygen atoms in total. The molecule has 1 fully saturated rings. The molecule has 1 saturated heterocycles. The number of benzene rings is 2. The first kappa shape index (κ1) is 21.1. The predicted molar refractivity (Wildman–Crippen MR) is 118 cm³/mol. The van der Waals surface area contributed by atoms with Crippen molar-refractivity contribution in [3.8, 4) is 0 Å². The Kier molecular flexibility index (Phi) is 7.04. The summed E-state index contributed by atoms with van der Waals surface area (Å²) in [4.78, 5) is 16.1. The molecule has 2 aromatic rings. The summed E-state index contributed by atoms with van der Waals surface area (Å²) in [7, 11) is 1.80. The summed E-state index contributed by atoms with van der Waals surface area (Å²) in [5.74, 6) is -0.226. The van der Waals surface area contributed by atoms with Crippen LogP contribution < -0.4 is 10.2 Å². The van der Waals surface area contributed by atoms with Gasteiger partial charge in [-0.2, -0.15) is 0 Å². The van der Waals surface area contributed by atoms with Gasteiger partial charge < -0.3 is 10.2 Å². The Balaban J connectivity index is 1.95. The van der Waals surface area contributed by atoms with Gasteiger partial charge in [-0.05, 0) is 80.7 Å². The number of nitrogens with zero attached hydrogens (tertiary/aromatic N) is 2. The maximum absolute atomic E-state index is 13.9. The first-order valence-corrected chi connectivity index (χ1v) is 10.4. The second-order valence-electron chi connectivity index (χ2n) is 7.30. The number of nitrogens with one attached hydrogen (secondary N) is 1. The van der Waals surface area contributed by atoms with Gasteiger partial charge in [0, 0.05) is 25.8 Å². The van der Waals surface area contributed by atoms with E-state index in [1.54, 1.807) is 29.0 Å². The van der Waals surface area contributed by atoms with E-state index in [9.17, 15) is 9.18 Å². The molecule has 0 spiro atoms. The number of piperidine rings is 1. The van der Waals surface area contributed by atoms with E-state index >= 15 is 0 Å². The SMILES string of the molecule is CCN(CC)C(=O)N(C)c1ccc(C(=C2CCNCC2)c2cccc(F)c2)cc1. The molecule has 0 unspecified atom stereocenters. The van der Waals surface area contributed by atoms with Crippen LogP contribution in [0.3, 0.4) is 0 Å². The molecule has 0 atom stereocenters. The first-order chi connectivity index (χ1) is 14.0. The lowest BCUT2D eigenvalue weighted by molar-refractivity contribution is 0.211. The van der Waals surface area contributed by atoms with Gasteiger partial charge >= 0.3 is 6.03 Å². The summed E-state index contributed by atoms with van der Waals surface area (Å²) in [6.07, 6.45) is 1.90. The highest BCUT2D eigenvalue weighted by molar-refractivity contribution is 5.92. The Morgan fingerprint density at radius 1 is 1.00 bits per heavy atom. The highest BCUT2D eigenvalue weighted by Gasteiger charge is 2.18. The van der Waals surface area contributed by atoms with E-state index in [0.717, 1.165) is 48.3 Å². The molecule has 3 rings (SSSR count). The van der Waals surface area contributed by atoms with Crippen LogP contribution in [0.15, 0.2) is 54.1 Å². The van der Waals surface area contributed by atoms with E-state index in [4.69, 9.17) is 0 Å². The molecular weight excluding hydrogens is 365 g/mol. The maximum Gasteiger partial charge on any atom is 0.324 e. The van der Waals surface area contributed by atoms with Gasteiger partial charge in [0.1, 0.15) is 5.82 Å². The van der Waals surface area contributed by atoms with Crippen molar-refractivity contribution in [1.29, 1.82) is 0 Å². The number of carbonyl (C=O) groups is 1. The Hall–Kier alpha value is -2.66. The monoisotopic (exact) mass is 395 g/mol. The Morgan fingerprint density at radius 3 is 2.24 bits per heavy atom. The lowest BCUT2D eigenvalue weighted by Gasteiger charge is -2.26. The highest BCUT2D eigenvalue weighted by atomic mass is 19.1. The van der Waals surface area contributed by atoms with Crippen molar-refractivity contribution in [2.45, 2.75) is 26.7 Å². The van der Waals surface area contributed by atoms with E-state index in [1.165, 1.54) is 11.6 Å². The van der Waals surface area contributed by atoms with E-state index < -0.39 is 0 Å². The van der Waals surface area contributed by atoms with E-state index in [0.29, 0.717) is 13.1 Å². The molecular formula is C24H30FN3O. The number of rotatable bonds is 5. The van der Waals surface area contributed by atoms with Crippen LogP contribution in [0.4, 0.5) is 14.9 Å². The van der Waals surface area contributed by atoms with Gasteiger partial charge in [-0.3, -0.25) is 4.90 Å². The third-order valence-electron chi connectivity index (χ3n) is 5.54. The molecule has 2 amide bonds. The average molecular weight is 396 g/mol. The van der Waals surface area contributed by atoms with E-state index in [1.807, 2.05) is 44.2 Å². The van der Waals surface area contributed by atoms with Crippen LogP contribution in [-0.4, -0.2) is 44.2 Å². The van der Waals surface area contributed by atoms with Gasteiger partial charge in [-0.1, -0.05) is 29.8 Å². The zero-order chi connectivity index (χ0) is 20.8. The Labute approximate surface area is 173 Å². The molecule has 1 heterocycles. The molecule has 0 aliphatic carbocycles. The van der Waals surface area contributed by atoms with Gasteiger partial charge in [0.15, 0.2) is 0 Å². The molecule has 0 saturated carbocycles. The van der Waals surface area contributed by atoms with Crippen molar-refractivity contribution in [3.05, 3.63) is 71.0 Å². The quantitative estimate of drug-likeness (QED) is 0.781. The largest absolute Gasteiger partial charge is 0.325 e. The summed E-state index contributed by atoms with van der Waals surface area (Å²) in [6.45, 7) is 7.20. The first-order valence-electron chi connectivity index (χ1n) is 10.4. The molecule has 1 aliphatic heterocycles. The van der Waals surface area contributed by atoms with Crippen LogP contribution in [-0.2, 0) is 0 Å². The number of carbonyl (C=O) groups excluding carboxylic acids is 1. The Bertz CT molecular complexity index is 864. The van der Waals surface area contributed by atoms with Crippen LogP contribution in [0, 0.1) is 5.82 Å². The fourth-order valence-corrected chi connectivity index (χ4v) is 3.87. The predicted octanol–water partition coefficient (Wildman–Crippen LogP) is 4.91. The molecule has 1 N–H and O–H groups in total. The molecule has 0 radical (unpaired) electrons. The molecule has 0 aromatic heterocycles. The lowest BCUT2D eigenvalue weighted by atomic mass is 9.88.